The van der Waals surface area contributed by atoms with E-state index in [1.807, 2.05) is 91.8 Å². The molecule has 0 bridgehead atoms. The highest BCUT2D eigenvalue weighted by Crippen LogP contribution is 2.35. The molecule has 0 saturated carbocycles. The molecule has 8 aromatic heterocycles. The van der Waals surface area contributed by atoms with E-state index in [0.717, 1.165) is 22.3 Å². The Labute approximate surface area is 722 Å². The van der Waals surface area contributed by atoms with Gasteiger partial charge in [0, 0.05) is 85.3 Å². The molecule has 0 radical (unpaired) electrons. The number of nitrogens with one attached hydrogen (secondary N) is 8. The van der Waals surface area contributed by atoms with E-state index >= 15 is 0 Å². The molecule has 30 nitrogen and oxygen atoms in total. The SMILES string of the molecule is CNC(=O)c1cc(C#N)cc(C)c1NC(=O)c1cc(Br)nn1-c1ncccc1C.CNC(=O)c1cc(Cl)cc(Cl)c1NC(=O)c1cc(Cl)nn1-c1ncccc1C.Cc1cccnc1-n1nc(Br)cc1C(=O)Nc1c(C)cc(C#N)cc1C(=O)NC(C)C.Cc1cccnc1-n1nc(Cl)cc1C(=O)Nc1c(Cl)cc(Cl)cc1C(=O)NC(C)C. The summed E-state index contributed by atoms with van der Waals surface area (Å²) in [6.07, 6.45) is 6.41. The van der Waals surface area contributed by atoms with Crippen molar-refractivity contribution in [3.05, 3.63) is 275 Å². The molecule has 0 saturated heterocycles. The first-order chi connectivity index (χ1) is 56.0. The molecule has 8 heterocycles. The zero-order valence-corrected chi connectivity index (χ0v) is 72.3. The number of rotatable bonds is 18. The number of aryl methyl sites for hydroxylation is 6. The van der Waals surface area contributed by atoms with Gasteiger partial charge in [-0.05, 0) is 207 Å². The fourth-order valence-corrected chi connectivity index (χ4v) is 13.5. The molecule has 4 aromatic carbocycles. The van der Waals surface area contributed by atoms with Gasteiger partial charge in [0.1, 0.15) is 32.0 Å². The van der Waals surface area contributed by atoms with E-state index in [0.29, 0.717) is 66.1 Å². The zero-order chi connectivity index (χ0) is 86.3. The van der Waals surface area contributed by atoms with Crippen LogP contribution in [0.3, 0.4) is 0 Å². The van der Waals surface area contributed by atoms with Crippen LogP contribution < -0.4 is 42.5 Å². The van der Waals surface area contributed by atoms with Gasteiger partial charge >= 0.3 is 0 Å². The lowest BCUT2D eigenvalue weighted by Gasteiger charge is -2.16. The number of anilines is 4. The fraction of sp³-hybridized carbons (Fsp3) is 0.175. The van der Waals surface area contributed by atoms with Gasteiger partial charge in [-0.25, -0.2) is 38.7 Å². The van der Waals surface area contributed by atoms with E-state index in [1.54, 1.807) is 87.2 Å². The van der Waals surface area contributed by atoms with E-state index < -0.39 is 41.4 Å². The van der Waals surface area contributed by atoms with Crippen LogP contribution in [-0.4, -0.2) is 132 Å². The Morgan fingerprint density at radius 3 is 0.941 bits per heavy atom. The molecule has 0 fully saturated rings. The van der Waals surface area contributed by atoms with Gasteiger partial charge < -0.3 is 42.5 Å². The molecule has 38 heteroatoms. The van der Waals surface area contributed by atoms with Crippen molar-refractivity contribution in [2.75, 3.05) is 35.4 Å². The normalized spacial score (nSPS) is 10.6. The van der Waals surface area contributed by atoms with Crippen LogP contribution in [-0.2, 0) is 0 Å². The Morgan fingerprint density at radius 1 is 0.364 bits per heavy atom. The van der Waals surface area contributed by atoms with Crippen LogP contribution >= 0.6 is 101 Å². The summed E-state index contributed by atoms with van der Waals surface area (Å²) >= 11 is 43.3. The minimum Gasteiger partial charge on any atom is -0.355 e. The first kappa shape index (κ1) is 89.7. The summed E-state index contributed by atoms with van der Waals surface area (Å²) in [5.74, 6) is -1.77. The first-order valence-corrected chi connectivity index (χ1v) is 39.0. The number of hydrogen-bond donors (Lipinski definition) is 8. The number of aromatic nitrogens is 12. The standard InChI is InChI=1S/C22H21BrN6O2.C20H17BrN6O2.C20H18Cl3N5O2.C18H14Cl3N5O2/c1-12(2)26-21(30)16-9-15(11-24)8-14(4)19(16)27-22(31)17-10-18(23)28-29(17)20-13(3)6-5-7-25-20;1-11-5-4-6-24-18(11)27-15(9-16(21)26-27)20(29)25-17-12(2)7-13(10-22)8-14(17)19(28)23-3;1-10(2)25-19(29)13-7-12(21)8-14(22)17(13)26-20(30)15-9-16(23)27-28(15)18-11(3)5-4-6-24-18;1-9-4-3-5-23-16(9)26-13(8-14(21)25-26)18(28)24-15-11(17(27)22-2)6-10(19)7-12(15)20/h5-10,12H,1-4H3,(H,26,30)(H,27,31);4-9H,1-3H3,(H,23,28)(H,25,29);4-10H,1-3H3,(H,25,29)(H,26,30);3-8H,1-2H3,(H,22,27)(H,24,28). The van der Waals surface area contributed by atoms with Gasteiger partial charge in [0.2, 0.25) is 0 Å². The van der Waals surface area contributed by atoms with E-state index in [2.05, 4.69) is 115 Å². The molecule has 8 N–H and O–H groups in total. The molecule has 0 atom stereocenters. The number of benzene rings is 4. The number of carbonyl (C=O) groups excluding carboxylic acids is 8. The van der Waals surface area contributed by atoms with Crippen molar-refractivity contribution >= 4 is 171 Å². The monoisotopic (exact) mass is 1830 g/mol. The molecule has 12 aromatic rings. The summed E-state index contributed by atoms with van der Waals surface area (Å²) < 4.78 is 6.49. The number of halogens is 8. The first-order valence-electron chi connectivity index (χ1n) is 35.1. The van der Waals surface area contributed by atoms with Gasteiger partial charge in [-0.15, -0.1) is 0 Å². The largest absolute Gasteiger partial charge is 0.355 e. The second kappa shape index (κ2) is 40.1. The van der Waals surface area contributed by atoms with Crippen LogP contribution in [0.2, 0.25) is 30.4 Å². The third-order valence-corrected chi connectivity index (χ3v) is 18.8. The molecular formula is C80H70Br2Cl6N22O8. The summed E-state index contributed by atoms with van der Waals surface area (Å²) in [4.78, 5) is 119. The second-order valence-corrected chi connectivity index (χ2v) is 30.2. The predicted octanol–water partition coefficient (Wildman–Crippen LogP) is 16.1. The number of nitrogens with zero attached hydrogens (tertiary/aromatic N) is 14. The Morgan fingerprint density at radius 2 is 0.644 bits per heavy atom. The van der Waals surface area contributed by atoms with Crippen LogP contribution in [0.5, 0.6) is 0 Å². The highest BCUT2D eigenvalue weighted by atomic mass is 79.9. The Bertz CT molecular complexity index is 6030. The van der Waals surface area contributed by atoms with Gasteiger partial charge in [0.05, 0.1) is 78.3 Å². The molecule has 118 heavy (non-hydrogen) atoms. The quantitative estimate of drug-likeness (QED) is 0.0395. The van der Waals surface area contributed by atoms with E-state index in [9.17, 15) is 48.9 Å². The van der Waals surface area contributed by atoms with E-state index in [4.69, 9.17) is 69.6 Å². The van der Waals surface area contributed by atoms with Crippen molar-refractivity contribution in [2.45, 2.75) is 81.3 Å². The second-order valence-electron chi connectivity index (χ2n) is 26.1. The predicted molar refractivity (Wildman–Crippen MR) is 458 cm³/mol. The van der Waals surface area contributed by atoms with Gasteiger partial charge in [-0.1, -0.05) is 93.9 Å². The maximum absolute atomic E-state index is 13.2. The van der Waals surface area contributed by atoms with Crippen molar-refractivity contribution < 1.29 is 38.4 Å². The lowest BCUT2D eigenvalue weighted by molar-refractivity contribution is 0.0934. The highest BCUT2D eigenvalue weighted by Gasteiger charge is 2.29. The molecular weight excluding hydrogens is 1770 g/mol. The van der Waals surface area contributed by atoms with Crippen LogP contribution in [0.4, 0.5) is 22.7 Å². The highest BCUT2D eigenvalue weighted by molar-refractivity contribution is 9.10. The lowest BCUT2D eigenvalue weighted by Crippen LogP contribution is -2.31. The molecule has 604 valence electrons. The minimum atomic E-state index is -0.571. The number of nitriles is 2. The maximum Gasteiger partial charge on any atom is 0.274 e. The molecule has 0 aliphatic heterocycles. The topological polar surface area (TPSA) is 403 Å². The number of carbonyl (C=O) groups is 8. The summed E-state index contributed by atoms with van der Waals surface area (Å²) in [5, 5.41) is 58.0. The third kappa shape index (κ3) is 21.9. The summed E-state index contributed by atoms with van der Waals surface area (Å²) in [6, 6.07) is 36.2. The van der Waals surface area contributed by atoms with Crippen LogP contribution in [0, 0.1) is 64.2 Å². The van der Waals surface area contributed by atoms with Crippen molar-refractivity contribution in [2.24, 2.45) is 0 Å². The Kier molecular flexibility index (Phi) is 30.5. The van der Waals surface area contributed by atoms with Gasteiger partial charge in [0.25, 0.3) is 47.3 Å². The van der Waals surface area contributed by atoms with Crippen molar-refractivity contribution in [1.82, 2.24) is 80.3 Å². The van der Waals surface area contributed by atoms with E-state index in [-0.39, 0.29) is 105 Å². The maximum atomic E-state index is 13.2. The average molecular weight is 1840 g/mol. The smallest absolute Gasteiger partial charge is 0.274 e. The van der Waals surface area contributed by atoms with Gasteiger partial charge in [0.15, 0.2) is 33.6 Å². The van der Waals surface area contributed by atoms with Crippen molar-refractivity contribution in [1.29, 1.82) is 10.5 Å². The molecule has 0 aliphatic carbocycles. The minimum absolute atomic E-state index is 0.105. The number of amides is 8. The van der Waals surface area contributed by atoms with Gasteiger partial charge in [-0.3, -0.25) is 38.4 Å². The molecule has 12 rings (SSSR count). The van der Waals surface area contributed by atoms with Crippen molar-refractivity contribution in [3.8, 4) is 35.4 Å². The summed E-state index contributed by atoms with van der Waals surface area (Å²) in [7, 11) is 2.94. The summed E-state index contributed by atoms with van der Waals surface area (Å²) in [6.45, 7) is 18.2. The fourth-order valence-electron chi connectivity index (χ4n) is 11.3. The zero-order valence-electron chi connectivity index (χ0n) is 64.6. The Hall–Kier alpha value is -12.2. The van der Waals surface area contributed by atoms with Gasteiger partial charge in [-0.2, -0.15) is 30.9 Å². The third-order valence-electron chi connectivity index (χ3n) is 16.6. The molecule has 0 spiro atoms. The van der Waals surface area contributed by atoms with E-state index in [1.165, 1.54) is 81.4 Å². The van der Waals surface area contributed by atoms with Crippen LogP contribution in [0.25, 0.3) is 23.3 Å². The Balaban J connectivity index is 0.000000179. The molecule has 0 unspecified atom stereocenters. The lowest BCUT2D eigenvalue weighted by atomic mass is 10.0. The molecule has 8 amide bonds. The average Bonchev–Trinajstić information content (AvgIpc) is 1.55. The summed E-state index contributed by atoms with van der Waals surface area (Å²) in [5.41, 5.74) is 7.49. The van der Waals surface area contributed by atoms with Crippen LogP contribution in [0.1, 0.15) is 156 Å². The van der Waals surface area contributed by atoms with Crippen molar-refractivity contribution in [3.63, 3.8) is 0 Å². The number of pyridine rings is 4. The number of hydrogen-bond acceptors (Lipinski definition) is 18. The van der Waals surface area contributed by atoms with Crippen LogP contribution in [0.15, 0.2) is 155 Å². The molecule has 0 aliphatic rings.